The van der Waals surface area contributed by atoms with E-state index in [-0.39, 0.29) is 0 Å². The third-order valence-corrected chi connectivity index (χ3v) is 13.3. The van der Waals surface area contributed by atoms with Crippen LogP contribution in [-0.2, 0) is 0 Å². The van der Waals surface area contributed by atoms with Crippen LogP contribution in [0.5, 0.6) is 0 Å². The van der Waals surface area contributed by atoms with Crippen LogP contribution in [0.3, 0.4) is 0 Å². The lowest BCUT2D eigenvalue weighted by molar-refractivity contribution is 1.29. The minimum Gasteiger partial charge on any atom is -0.310 e. The molecule has 11 rings (SSSR count). The van der Waals surface area contributed by atoms with E-state index in [4.69, 9.17) is 0 Å². The van der Waals surface area contributed by atoms with E-state index in [1.54, 1.807) is 0 Å². The number of benzene rings is 9. The fourth-order valence-electron chi connectivity index (χ4n) is 8.20. The van der Waals surface area contributed by atoms with Gasteiger partial charge in [-0.2, -0.15) is 0 Å². The summed E-state index contributed by atoms with van der Waals surface area (Å²) in [5.41, 5.74) is 13.0. The topological polar surface area (TPSA) is 3.24 Å². The molecular formula is C54H35NS2. The molecule has 0 N–H and O–H groups in total. The zero-order chi connectivity index (χ0) is 37.7. The van der Waals surface area contributed by atoms with Gasteiger partial charge in [0.05, 0.1) is 0 Å². The number of rotatable bonds is 7. The zero-order valence-electron chi connectivity index (χ0n) is 31.0. The van der Waals surface area contributed by atoms with Gasteiger partial charge in [0, 0.05) is 57.4 Å². The fourth-order valence-corrected chi connectivity index (χ4v) is 10.4. The summed E-state index contributed by atoms with van der Waals surface area (Å²) in [6.45, 7) is 0. The predicted octanol–water partition coefficient (Wildman–Crippen LogP) is 16.6. The second kappa shape index (κ2) is 14.1. The number of nitrogens with zero attached hydrogens (tertiary/aromatic N) is 1. The molecule has 0 aliphatic carbocycles. The van der Waals surface area contributed by atoms with E-state index >= 15 is 0 Å². The second-order valence-electron chi connectivity index (χ2n) is 14.5. The molecular weight excluding hydrogens is 727 g/mol. The van der Waals surface area contributed by atoms with Gasteiger partial charge in [-0.05, 0) is 123 Å². The number of hydrogen-bond donors (Lipinski definition) is 0. The molecule has 9 aromatic carbocycles. The largest absolute Gasteiger partial charge is 0.310 e. The van der Waals surface area contributed by atoms with E-state index in [1.807, 2.05) is 22.7 Å². The van der Waals surface area contributed by atoms with Crippen LogP contribution in [0.15, 0.2) is 212 Å². The summed E-state index contributed by atoms with van der Waals surface area (Å²) in [5.74, 6) is 0. The van der Waals surface area contributed by atoms with E-state index in [9.17, 15) is 0 Å². The smallest absolute Gasteiger partial charge is 0.0468 e. The van der Waals surface area contributed by atoms with Crippen LogP contribution in [-0.4, -0.2) is 0 Å². The molecule has 0 spiro atoms. The number of hydrogen-bond acceptors (Lipinski definition) is 3. The van der Waals surface area contributed by atoms with Crippen molar-refractivity contribution in [1.82, 2.24) is 0 Å². The predicted molar refractivity (Wildman–Crippen MR) is 249 cm³/mol. The van der Waals surface area contributed by atoms with Gasteiger partial charge in [-0.15, -0.1) is 22.7 Å². The molecule has 0 bridgehead atoms. The lowest BCUT2D eigenvalue weighted by atomic mass is 9.93. The summed E-state index contributed by atoms with van der Waals surface area (Å²) < 4.78 is 5.27. The van der Waals surface area contributed by atoms with Crippen LogP contribution >= 0.6 is 22.7 Å². The highest BCUT2D eigenvalue weighted by atomic mass is 32.1. The van der Waals surface area contributed by atoms with Gasteiger partial charge in [-0.3, -0.25) is 0 Å². The third-order valence-electron chi connectivity index (χ3n) is 11.1. The van der Waals surface area contributed by atoms with Crippen molar-refractivity contribution in [3.05, 3.63) is 212 Å². The van der Waals surface area contributed by atoms with Crippen LogP contribution in [0.1, 0.15) is 0 Å². The van der Waals surface area contributed by atoms with Crippen LogP contribution in [0.4, 0.5) is 17.1 Å². The van der Waals surface area contributed by atoms with Crippen molar-refractivity contribution in [2.75, 3.05) is 4.90 Å². The first-order valence-corrected chi connectivity index (χ1v) is 20.9. The molecule has 0 saturated carbocycles. The highest BCUT2D eigenvalue weighted by Gasteiger charge is 2.17. The monoisotopic (exact) mass is 761 g/mol. The van der Waals surface area contributed by atoms with E-state index in [0.29, 0.717) is 0 Å². The summed E-state index contributed by atoms with van der Waals surface area (Å²) in [6, 6.07) is 77.7. The molecule has 2 aromatic heterocycles. The highest BCUT2D eigenvalue weighted by molar-refractivity contribution is 7.26. The molecule has 0 aliphatic rings. The molecule has 268 valence electrons. The molecule has 57 heavy (non-hydrogen) atoms. The summed E-state index contributed by atoms with van der Waals surface area (Å²) >= 11 is 3.72. The van der Waals surface area contributed by atoms with Gasteiger partial charge in [0.25, 0.3) is 0 Å². The van der Waals surface area contributed by atoms with Crippen molar-refractivity contribution in [1.29, 1.82) is 0 Å². The first kappa shape index (κ1) is 33.5. The molecule has 0 aliphatic heterocycles. The van der Waals surface area contributed by atoms with E-state index in [2.05, 4.69) is 217 Å². The van der Waals surface area contributed by atoms with Crippen molar-refractivity contribution >= 4 is 80.1 Å². The molecule has 0 amide bonds. The zero-order valence-corrected chi connectivity index (χ0v) is 32.6. The number of anilines is 3. The average Bonchev–Trinajstić information content (AvgIpc) is 3.85. The Bertz CT molecular complexity index is 3150. The van der Waals surface area contributed by atoms with Crippen LogP contribution in [0.2, 0.25) is 0 Å². The van der Waals surface area contributed by atoms with Crippen LogP contribution in [0.25, 0.3) is 84.9 Å². The Morgan fingerprint density at radius 3 is 1.21 bits per heavy atom. The third kappa shape index (κ3) is 6.18. The molecule has 0 unspecified atom stereocenters. The molecule has 0 saturated heterocycles. The van der Waals surface area contributed by atoms with Crippen molar-refractivity contribution in [2.24, 2.45) is 0 Å². The lowest BCUT2D eigenvalue weighted by Crippen LogP contribution is -2.09. The summed E-state index contributed by atoms with van der Waals surface area (Å²) in [7, 11) is 0. The quantitative estimate of drug-likeness (QED) is 0.156. The van der Waals surface area contributed by atoms with Gasteiger partial charge >= 0.3 is 0 Å². The van der Waals surface area contributed by atoms with Gasteiger partial charge in [-0.25, -0.2) is 0 Å². The van der Waals surface area contributed by atoms with Gasteiger partial charge in [-0.1, -0.05) is 133 Å². The van der Waals surface area contributed by atoms with Crippen LogP contribution in [0, 0.1) is 0 Å². The number of thiophene rings is 2. The average molecular weight is 762 g/mol. The molecule has 3 heteroatoms. The van der Waals surface area contributed by atoms with Gasteiger partial charge in [0.2, 0.25) is 0 Å². The second-order valence-corrected chi connectivity index (χ2v) is 16.7. The van der Waals surface area contributed by atoms with E-state index < -0.39 is 0 Å². The van der Waals surface area contributed by atoms with Gasteiger partial charge < -0.3 is 4.90 Å². The first-order chi connectivity index (χ1) is 28.2. The van der Waals surface area contributed by atoms with Crippen molar-refractivity contribution < 1.29 is 0 Å². The Labute approximate surface area is 340 Å². The lowest BCUT2D eigenvalue weighted by Gasteiger charge is -2.26. The fraction of sp³-hybridized carbons (Fsp3) is 0. The van der Waals surface area contributed by atoms with Crippen molar-refractivity contribution in [3.8, 4) is 44.5 Å². The Balaban J connectivity index is 1.01. The van der Waals surface area contributed by atoms with E-state index in [1.165, 1.54) is 84.9 Å². The maximum Gasteiger partial charge on any atom is 0.0468 e. The Morgan fingerprint density at radius 2 is 0.632 bits per heavy atom. The van der Waals surface area contributed by atoms with Gasteiger partial charge in [0.15, 0.2) is 0 Å². The Kier molecular flexibility index (Phi) is 8.28. The Morgan fingerprint density at radius 1 is 0.228 bits per heavy atom. The number of fused-ring (bicyclic) bond motifs is 6. The maximum atomic E-state index is 2.39. The summed E-state index contributed by atoms with van der Waals surface area (Å²) in [6.07, 6.45) is 0. The van der Waals surface area contributed by atoms with Gasteiger partial charge in [0.1, 0.15) is 0 Å². The molecule has 1 nitrogen and oxygen atoms in total. The minimum atomic E-state index is 1.11. The molecule has 11 aromatic rings. The van der Waals surface area contributed by atoms with Crippen LogP contribution < -0.4 is 4.90 Å². The SMILES string of the molecule is c1ccc(-c2cc(-c3ccccc3)cc(-c3ccc(N(c4ccc(-c5ccc6c(c5)sc5ccccc56)cc4)c4ccc5sc6ccccc6c5c4)cc3)c2)cc1. The van der Waals surface area contributed by atoms with Crippen molar-refractivity contribution in [2.45, 2.75) is 0 Å². The molecule has 0 atom stereocenters. The molecule has 2 heterocycles. The molecule has 0 fully saturated rings. The first-order valence-electron chi connectivity index (χ1n) is 19.3. The summed E-state index contributed by atoms with van der Waals surface area (Å²) in [5, 5.41) is 5.24. The molecule has 0 radical (unpaired) electrons. The van der Waals surface area contributed by atoms with Crippen molar-refractivity contribution in [3.63, 3.8) is 0 Å². The van der Waals surface area contributed by atoms with E-state index in [0.717, 1.165) is 17.1 Å². The maximum absolute atomic E-state index is 2.39. The normalized spacial score (nSPS) is 11.5. The standard InChI is InChI=1S/C54H35NS2/c1-3-11-36(12-4-1)41-31-42(37-13-5-2-6-14-37)33-43(32-41)39-21-26-45(27-22-39)55(46-28-30-53-50(35-46)48-16-8-10-18-52(48)56-53)44-24-19-38(20-25-44)40-23-29-49-47-15-7-9-17-51(47)57-54(49)34-40/h1-35H. The summed E-state index contributed by atoms with van der Waals surface area (Å²) in [4.78, 5) is 2.39. The highest BCUT2D eigenvalue weighted by Crippen LogP contribution is 2.43. The Hall–Kier alpha value is -6.78. The minimum absolute atomic E-state index is 1.11.